The summed E-state index contributed by atoms with van der Waals surface area (Å²) < 4.78 is 10.8. The van der Waals surface area contributed by atoms with E-state index in [1.165, 1.54) is 11.1 Å². The van der Waals surface area contributed by atoms with Crippen molar-refractivity contribution in [3.05, 3.63) is 77.4 Å². The highest BCUT2D eigenvalue weighted by Gasteiger charge is 2.21. The smallest absolute Gasteiger partial charge is 0.344 e. The van der Waals surface area contributed by atoms with E-state index >= 15 is 0 Å². The van der Waals surface area contributed by atoms with Gasteiger partial charge in [0.15, 0.2) is 12.7 Å². The zero-order chi connectivity index (χ0) is 19.5. The number of benzene rings is 3. The lowest BCUT2D eigenvalue weighted by Crippen LogP contribution is -2.27. The predicted molar refractivity (Wildman–Crippen MR) is 108 cm³/mol. The van der Waals surface area contributed by atoms with Gasteiger partial charge in [-0.25, -0.2) is 4.79 Å². The van der Waals surface area contributed by atoms with Crippen LogP contribution in [-0.2, 0) is 22.4 Å². The van der Waals surface area contributed by atoms with E-state index < -0.39 is 12.1 Å². The first-order valence-corrected chi connectivity index (χ1v) is 9.57. The lowest BCUT2D eigenvalue weighted by Gasteiger charge is -2.14. The molecule has 0 fully saturated rings. The van der Waals surface area contributed by atoms with Gasteiger partial charge in [0.25, 0.3) is 0 Å². The second kappa shape index (κ2) is 7.85. The topological polar surface area (TPSA) is 52.6 Å². The largest absolute Gasteiger partial charge is 0.482 e. The maximum atomic E-state index is 12.6. The first kappa shape index (κ1) is 18.2. The van der Waals surface area contributed by atoms with Crippen LogP contribution in [0.1, 0.15) is 34.8 Å². The Labute approximate surface area is 164 Å². The van der Waals surface area contributed by atoms with Crippen molar-refractivity contribution in [3.8, 4) is 5.75 Å². The molecule has 0 amide bonds. The number of fused-ring (bicyclic) bond motifs is 2. The minimum atomic E-state index is -0.841. The number of hydrogen-bond acceptors (Lipinski definition) is 4. The number of hydrogen-bond donors (Lipinski definition) is 0. The SMILES string of the molecule is C[C@@H](OC(=O)COc1ccc2ccccc2c1)C(=O)c1ccc2c(c1)CCC2. The fourth-order valence-corrected chi connectivity index (χ4v) is 3.64. The summed E-state index contributed by atoms with van der Waals surface area (Å²) in [5, 5.41) is 2.14. The van der Waals surface area contributed by atoms with Crippen molar-refractivity contribution in [2.75, 3.05) is 6.61 Å². The molecule has 4 rings (SSSR count). The molecule has 1 atom stereocenters. The lowest BCUT2D eigenvalue weighted by atomic mass is 10.0. The maximum Gasteiger partial charge on any atom is 0.344 e. The summed E-state index contributed by atoms with van der Waals surface area (Å²) in [6.07, 6.45) is 2.36. The van der Waals surface area contributed by atoms with E-state index in [1.807, 2.05) is 60.7 Å². The van der Waals surface area contributed by atoms with Gasteiger partial charge in [0.1, 0.15) is 5.75 Å². The molecule has 4 heteroatoms. The average Bonchev–Trinajstić information content (AvgIpc) is 3.19. The second-order valence-electron chi connectivity index (χ2n) is 7.13. The van der Waals surface area contributed by atoms with Gasteiger partial charge >= 0.3 is 5.97 Å². The van der Waals surface area contributed by atoms with Crippen molar-refractivity contribution in [1.29, 1.82) is 0 Å². The fourth-order valence-electron chi connectivity index (χ4n) is 3.64. The fraction of sp³-hybridized carbons (Fsp3) is 0.250. The maximum absolute atomic E-state index is 12.6. The van der Waals surface area contributed by atoms with Gasteiger partial charge in [0.05, 0.1) is 0 Å². The average molecular weight is 374 g/mol. The van der Waals surface area contributed by atoms with Gasteiger partial charge in [-0.2, -0.15) is 0 Å². The van der Waals surface area contributed by atoms with Crippen molar-refractivity contribution in [1.82, 2.24) is 0 Å². The Morgan fingerprint density at radius 1 is 0.929 bits per heavy atom. The van der Waals surface area contributed by atoms with E-state index in [9.17, 15) is 9.59 Å². The van der Waals surface area contributed by atoms with Crippen LogP contribution in [0.5, 0.6) is 5.75 Å². The van der Waals surface area contributed by atoms with Crippen LogP contribution in [0.25, 0.3) is 10.8 Å². The van der Waals surface area contributed by atoms with Crippen molar-refractivity contribution < 1.29 is 19.1 Å². The molecule has 1 aliphatic carbocycles. The van der Waals surface area contributed by atoms with Gasteiger partial charge in [0.2, 0.25) is 5.78 Å². The molecule has 142 valence electrons. The van der Waals surface area contributed by atoms with Crippen LogP contribution in [0.2, 0.25) is 0 Å². The molecule has 0 aromatic heterocycles. The molecule has 3 aromatic rings. The molecule has 0 unspecified atom stereocenters. The van der Waals surface area contributed by atoms with E-state index in [1.54, 1.807) is 6.92 Å². The van der Waals surface area contributed by atoms with Crippen molar-refractivity contribution >= 4 is 22.5 Å². The van der Waals surface area contributed by atoms with E-state index in [0.29, 0.717) is 11.3 Å². The number of ketones is 1. The molecule has 4 nitrogen and oxygen atoms in total. The van der Waals surface area contributed by atoms with Gasteiger partial charge in [-0.05, 0) is 66.3 Å². The number of rotatable bonds is 6. The summed E-state index contributed by atoms with van der Waals surface area (Å²) in [7, 11) is 0. The van der Waals surface area contributed by atoms with Gasteiger partial charge in [0, 0.05) is 5.56 Å². The van der Waals surface area contributed by atoms with Gasteiger partial charge in [-0.15, -0.1) is 0 Å². The number of Topliss-reactive ketones (excluding diaryl/α,β-unsaturated/α-hetero) is 1. The summed E-state index contributed by atoms with van der Waals surface area (Å²) in [5.41, 5.74) is 3.13. The monoisotopic (exact) mass is 374 g/mol. The summed E-state index contributed by atoms with van der Waals surface area (Å²) in [5.74, 6) is -0.155. The Bertz CT molecular complexity index is 1040. The van der Waals surface area contributed by atoms with E-state index in [4.69, 9.17) is 9.47 Å². The number of esters is 1. The number of carbonyl (C=O) groups is 2. The Kier molecular flexibility index (Phi) is 5.11. The normalized spacial score (nSPS) is 13.8. The third-order valence-electron chi connectivity index (χ3n) is 5.14. The minimum Gasteiger partial charge on any atom is -0.482 e. The van der Waals surface area contributed by atoms with E-state index in [0.717, 1.165) is 30.0 Å². The molecular formula is C24H22O4. The molecule has 0 spiro atoms. The van der Waals surface area contributed by atoms with Gasteiger partial charge < -0.3 is 9.47 Å². The van der Waals surface area contributed by atoms with Gasteiger partial charge in [-0.1, -0.05) is 42.5 Å². The molecule has 0 heterocycles. The zero-order valence-electron chi connectivity index (χ0n) is 15.8. The number of aryl methyl sites for hydroxylation is 2. The Morgan fingerprint density at radius 2 is 1.71 bits per heavy atom. The Morgan fingerprint density at radius 3 is 2.57 bits per heavy atom. The standard InChI is InChI=1S/C24H22O4/c1-16(24(26)21-10-9-18-7-4-8-19(18)13-21)28-23(25)15-27-22-12-11-17-5-2-3-6-20(17)14-22/h2-3,5-6,9-14,16H,4,7-8,15H2,1H3/t16-/m1/s1. The second-order valence-corrected chi connectivity index (χ2v) is 7.13. The molecule has 0 radical (unpaired) electrons. The zero-order valence-corrected chi connectivity index (χ0v) is 15.8. The first-order valence-electron chi connectivity index (χ1n) is 9.57. The van der Waals surface area contributed by atoms with Crippen LogP contribution in [0.4, 0.5) is 0 Å². The van der Waals surface area contributed by atoms with E-state index in [-0.39, 0.29) is 12.4 Å². The summed E-state index contributed by atoms with van der Waals surface area (Å²) in [6, 6.07) is 19.3. The quantitative estimate of drug-likeness (QED) is 0.470. The molecule has 0 saturated carbocycles. The number of carbonyl (C=O) groups excluding carboxylic acids is 2. The summed E-state index contributed by atoms with van der Waals surface area (Å²) in [4.78, 5) is 24.7. The van der Waals surface area contributed by atoms with Gasteiger partial charge in [-0.3, -0.25) is 4.79 Å². The Hall–Kier alpha value is -3.14. The van der Waals surface area contributed by atoms with Crippen LogP contribution in [-0.4, -0.2) is 24.5 Å². The summed E-state index contributed by atoms with van der Waals surface area (Å²) >= 11 is 0. The highest BCUT2D eigenvalue weighted by molar-refractivity contribution is 6.00. The third kappa shape index (κ3) is 3.91. The molecule has 3 aromatic carbocycles. The molecule has 1 aliphatic rings. The van der Waals surface area contributed by atoms with E-state index in [2.05, 4.69) is 0 Å². The Balaban J connectivity index is 1.34. The molecule has 0 saturated heterocycles. The number of ether oxygens (including phenoxy) is 2. The molecule has 0 N–H and O–H groups in total. The highest BCUT2D eigenvalue weighted by atomic mass is 16.6. The first-order chi connectivity index (χ1) is 13.6. The van der Waals surface area contributed by atoms with Crippen LogP contribution in [0.3, 0.4) is 0 Å². The molecule has 28 heavy (non-hydrogen) atoms. The van der Waals surface area contributed by atoms with Crippen molar-refractivity contribution in [2.24, 2.45) is 0 Å². The van der Waals surface area contributed by atoms with Crippen LogP contribution >= 0.6 is 0 Å². The van der Waals surface area contributed by atoms with Crippen LogP contribution in [0.15, 0.2) is 60.7 Å². The van der Waals surface area contributed by atoms with Crippen LogP contribution < -0.4 is 4.74 Å². The third-order valence-corrected chi connectivity index (χ3v) is 5.14. The lowest BCUT2D eigenvalue weighted by molar-refractivity contribution is -0.148. The molecule has 0 aliphatic heterocycles. The molecular weight excluding hydrogens is 352 g/mol. The van der Waals surface area contributed by atoms with Crippen molar-refractivity contribution in [3.63, 3.8) is 0 Å². The minimum absolute atomic E-state index is 0.186. The highest BCUT2D eigenvalue weighted by Crippen LogP contribution is 2.24. The van der Waals surface area contributed by atoms with Crippen molar-refractivity contribution in [2.45, 2.75) is 32.3 Å². The summed E-state index contributed by atoms with van der Waals surface area (Å²) in [6.45, 7) is 1.36. The van der Waals surface area contributed by atoms with Crippen LogP contribution in [0, 0.1) is 0 Å². The molecule has 0 bridgehead atoms. The predicted octanol–water partition coefficient (Wildman–Crippen LogP) is 4.52.